The van der Waals surface area contributed by atoms with E-state index in [1.807, 2.05) is 0 Å². The van der Waals surface area contributed by atoms with E-state index >= 15 is 0 Å². The molecule has 1 aromatic carbocycles. The highest BCUT2D eigenvalue weighted by Gasteiger charge is 2.32. The Morgan fingerprint density at radius 2 is 2.00 bits per heavy atom. The van der Waals surface area contributed by atoms with Gasteiger partial charge in [-0.15, -0.1) is 24.8 Å². The summed E-state index contributed by atoms with van der Waals surface area (Å²) in [6.45, 7) is 1.68. The summed E-state index contributed by atoms with van der Waals surface area (Å²) in [7, 11) is 0. The third kappa shape index (κ3) is 2.80. The van der Waals surface area contributed by atoms with Gasteiger partial charge in [0.1, 0.15) is 5.75 Å². The monoisotopic (exact) mass is 224 g/mol. The first-order valence-electron chi connectivity index (χ1n) is 3.84. The lowest BCUT2D eigenvalue weighted by Crippen LogP contribution is -2.18. The van der Waals surface area contributed by atoms with E-state index in [1.165, 1.54) is 12.1 Å². The molecule has 0 bridgehead atoms. The number of benzene rings is 1. The zero-order chi connectivity index (χ0) is 10.8. The Hall–Kier alpha value is -0.900. The van der Waals surface area contributed by atoms with Crippen molar-refractivity contribution >= 4 is 11.6 Å². The summed E-state index contributed by atoms with van der Waals surface area (Å²) in [5.74, 6) is -0.231. The average Bonchev–Trinajstić information content (AvgIpc) is 2.01. The van der Waals surface area contributed by atoms with Gasteiger partial charge in [-0.25, -0.2) is 0 Å². The summed E-state index contributed by atoms with van der Waals surface area (Å²) in [6, 6.07) is 4.42. The molecule has 1 nitrogen and oxygen atoms in total. The van der Waals surface area contributed by atoms with Gasteiger partial charge in [-0.3, -0.25) is 0 Å². The molecule has 1 rings (SSSR count). The van der Waals surface area contributed by atoms with Crippen molar-refractivity contribution in [1.82, 2.24) is 0 Å². The van der Waals surface area contributed by atoms with Crippen LogP contribution in [0.5, 0.6) is 5.75 Å². The van der Waals surface area contributed by atoms with Crippen molar-refractivity contribution < 1.29 is 17.9 Å². The van der Waals surface area contributed by atoms with E-state index in [1.54, 1.807) is 13.0 Å². The largest absolute Gasteiger partial charge is 0.573 e. The minimum atomic E-state index is -4.67. The van der Waals surface area contributed by atoms with Crippen LogP contribution in [0.1, 0.15) is 11.1 Å². The predicted octanol–water partition coefficient (Wildman–Crippen LogP) is 3.63. The molecule has 0 atom stereocenters. The number of hydrogen-bond donors (Lipinski definition) is 0. The summed E-state index contributed by atoms with van der Waals surface area (Å²) in [4.78, 5) is 0. The quantitative estimate of drug-likeness (QED) is 0.697. The third-order valence-electron chi connectivity index (χ3n) is 1.73. The second-order valence-electron chi connectivity index (χ2n) is 2.73. The number of hydrogen-bond acceptors (Lipinski definition) is 1. The molecule has 1 aromatic rings. The number of ether oxygens (including phenoxy) is 1. The normalized spacial score (nSPS) is 11.5. The maximum Gasteiger partial charge on any atom is 0.573 e. The maximum absolute atomic E-state index is 11.9. The minimum Gasteiger partial charge on any atom is -0.405 e. The zero-order valence-corrected chi connectivity index (χ0v) is 8.12. The molecule has 0 heterocycles. The number of rotatable bonds is 2. The molecule has 0 spiro atoms. The van der Waals surface area contributed by atoms with Crippen molar-refractivity contribution in [2.45, 2.75) is 19.2 Å². The van der Waals surface area contributed by atoms with Gasteiger partial charge >= 0.3 is 6.36 Å². The van der Waals surface area contributed by atoms with Crippen LogP contribution in [0.25, 0.3) is 0 Å². The highest BCUT2D eigenvalue weighted by Crippen LogP contribution is 2.29. The smallest absolute Gasteiger partial charge is 0.405 e. The van der Waals surface area contributed by atoms with Crippen LogP contribution in [0.4, 0.5) is 13.2 Å². The SMILES string of the molecule is Cc1cccc(OC(F)(F)F)c1CCl. The fourth-order valence-electron chi connectivity index (χ4n) is 1.07. The fourth-order valence-corrected chi connectivity index (χ4v) is 1.41. The Balaban J connectivity index is 3.02. The maximum atomic E-state index is 11.9. The molecule has 0 aliphatic heterocycles. The molecule has 0 amide bonds. The van der Waals surface area contributed by atoms with Gasteiger partial charge in [0, 0.05) is 5.56 Å². The molecule has 5 heteroatoms. The van der Waals surface area contributed by atoms with Crippen molar-refractivity contribution in [2.75, 3.05) is 0 Å². The second-order valence-corrected chi connectivity index (χ2v) is 3.00. The van der Waals surface area contributed by atoms with Gasteiger partial charge < -0.3 is 4.74 Å². The van der Waals surface area contributed by atoms with Crippen LogP contribution >= 0.6 is 11.6 Å². The van der Waals surface area contributed by atoms with Crippen LogP contribution in [-0.4, -0.2) is 6.36 Å². The van der Waals surface area contributed by atoms with Gasteiger partial charge in [0.15, 0.2) is 0 Å². The van der Waals surface area contributed by atoms with E-state index in [-0.39, 0.29) is 11.6 Å². The molecule has 0 saturated carbocycles. The van der Waals surface area contributed by atoms with Gasteiger partial charge in [0.25, 0.3) is 0 Å². The van der Waals surface area contributed by atoms with Gasteiger partial charge in [0.05, 0.1) is 5.88 Å². The highest BCUT2D eigenvalue weighted by atomic mass is 35.5. The van der Waals surface area contributed by atoms with Gasteiger partial charge in [-0.2, -0.15) is 0 Å². The molecule has 14 heavy (non-hydrogen) atoms. The summed E-state index contributed by atoms with van der Waals surface area (Å²) < 4.78 is 39.6. The molecule has 0 aliphatic carbocycles. The molecule has 0 aliphatic rings. The Labute approximate surface area is 84.4 Å². The number of alkyl halides is 4. The van der Waals surface area contributed by atoms with Crippen LogP contribution in [0.3, 0.4) is 0 Å². The summed E-state index contributed by atoms with van der Waals surface area (Å²) >= 11 is 5.52. The first kappa shape index (κ1) is 11.2. The summed E-state index contributed by atoms with van der Waals surface area (Å²) in [5, 5.41) is 0. The van der Waals surface area contributed by atoms with E-state index in [2.05, 4.69) is 4.74 Å². The lowest BCUT2D eigenvalue weighted by molar-refractivity contribution is -0.274. The molecule has 0 radical (unpaired) electrons. The first-order chi connectivity index (χ1) is 6.44. The molecule has 78 valence electrons. The van der Waals surface area contributed by atoms with E-state index in [0.717, 1.165) is 0 Å². The number of aryl methyl sites for hydroxylation is 1. The standard InChI is InChI=1S/C9H8ClF3O/c1-6-3-2-4-8(7(6)5-10)14-9(11,12)13/h2-4H,5H2,1H3. The lowest BCUT2D eigenvalue weighted by Gasteiger charge is -2.13. The van der Waals surface area contributed by atoms with Crippen LogP contribution in [0.15, 0.2) is 18.2 Å². The molecule has 0 fully saturated rings. The molecular formula is C9H8ClF3O. The molecular weight excluding hydrogens is 217 g/mol. The van der Waals surface area contributed by atoms with Crippen molar-refractivity contribution in [3.8, 4) is 5.75 Å². The minimum absolute atomic E-state index is 0.00190. The Morgan fingerprint density at radius 1 is 1.36 bits per heavy atom. The summed E-state index contributed by atoms with van der Waals surface area (Å²) in [5.41, 5.74) is 1.05. The average molecular weight is 225 g/mol. The Bertz CT molecular complexity index is 322. The van der Waals surface area contributed by atoms with E-state index in [9.17, 15) is 13.2 Å². The van der Waals surface area contributed by atoms with Crippen molar-refractivity contribution in [3.63, 3.8) is 0 Å². The van der Waals surface area contributed by atoms with Crippen molar-refractivity contribution in [2.24, 2.45) is 0 Å². The van der Waals surface area contributed by atoms with E-state index in [0.29, 0.717) is 11.1 Å². The van der Waals surface area contributed by atoms with Crippen LogP contribution < -0.4 is 4.74 Å². The van der Waals surface area contributed by atoms with Crippen molar-refractivity contribution in [1.29, 1.82) is 0 Å². The van der Waals surface area contributed by atoms with Crippen LogP contribution in [0, 0.1) is 6.92 Å². The van der Waals surface area contributed by atoms with Gasteiger partial charge in [-0.05, 0) is 18.6 Å². The highest BCUT2D eigenvalue weighted by molar-refractivity contribution is 6.17. The lowest BCUT2D eigenvalue weighted by atomic mass is 10.1. The third-order valence-corrected chi connectivity index (χ3v) is 1.99. The molecule has 0 saturated heterocycles. The van der Waals surface area contributed by atoms with E-state index < -0.39 is 6.36 Å². The first-order valence-corrected chi connectivity index (χ1v) is 4.37. The Kier molecular flexibility index (Phi) is 3.26. The zero-order valence-electron chi connectivity index (χ0n) is 7.36. The van der Waals surface area contributed by atoms with Crippen LogP contribution in [0.2, 0.25) is 0 Å². The molecule has 0 N–H and O–H groups in total. The van der Waals surface area contributed by atoms with Crippen molar-refractivity contribution in [3.05, 3.63) is 29.3 Å². The summed E-state index contributed by atoms with van der Waals surface area (Å²) in [6.07, 6.45) is -4.67. The van der Waals surface area contributed by atoms with E-state index in [4.69, 9.17) is 11.6 Å². The second kappa shape index (κ2) is 4.09. The van der Waals surface area contributed by atoms with Gasteiger partial charge in [-0.1, -0.05) is 12.1 Å². The topological polar surface area (TPSA) is 9.23 Å². The Morgan fingerprint density at radius 3 is 2.50 bits per heavy atom. The van der Waals surface area contributed by atoms with Crippen LogP contribution in [-0.2, 0) is 5.88 Å². The molecule has 0 aromatic heterocycles. The molecule has 0 unspecified atom stereocenters. The van der Waals surface area contributed by atoms with Gasteiger partial charge in [0.2, 0.25) is 0 Å². The number of halogens is 4. The fraction of sp³-hybridized carbons (Fsp3) is 0.333. The predicted molar refractivity (Wildman–Crippen MR) is 47.4 cm³/mol.